The van der Waals surface area contributed by atoms with Crippen LogP contribution < -0.4 is 10.1 Å². The molecular weight excluding hydrogens is 250 g/mol. The zero-order valence-corrected chi connectivity index (χ0v) is 10.8. The van der Waals surface area contributed by atoms with E-state index in [1.54, 1.807) is 12.1 Å². The summed E-state index contributed by atoms with van der Waals surface area (Å²) in [5.41, 5.74) is 0.301. The molecule has 6 nitrogen and oxygen atoms in total. The van der Waals surface area contributed by atoms with E-state index in [2.05, 4.69) is 5.32 Å². The fourth-order valence-corrected chi connectivity index (χ4v) is 1.48. The summed E-state index contributed by atoms with van der Waals surface area (Å²) in [6.07, 6.45) is -1.18. The summed E-state index contributed by atoms with van der Waals surface area (Å²) < 4.78 is 5.23. The van der Waals surface area contributed by atoms with Crippen molar-refractivity contribution in [2.75, 3.05) is 6.61 Å². The number of amides is 1. The molecule has 0 spiro atoms. The molecule has 0 fully saturated rings. The minimum Gasteiger partial charge on any atom is -0.494 e. The van der Waals surface area contributed by atoms with Gasteiger partial charge >= 0.3 is 5.97 Å². The molecule has 19 heavy (non-hydrogen) atoms. The number of hydrogen-bond donors (Lipinski definition) is 3. The highest BCUT2D eigenvalue weighted by Gasteiger charge is 2.25. The maximum absolute atomic E-state index is 11.8. The summed E-state index contributed by atoms with van der Waals surface area (Å²) in [5.74, 6) is -1.21. The van der Waals surface area contributed by atoms with E-state index in [4.69, 9.17) is 9.84 Å². The Balaban J connectivity index is 2.74. The molecule has 0 heterocycles. The summed E-state index contributed by atoms with van der Waals surface area (Å²) in [5, 5.41) is 20.4. The van der Waals surface area contributed by atoms with E-state index in [1.807, 2.05) is 6.92 Å². The van der Waals surface area contributed by atoms with Gasteiger partial charge in [-0.25, -0.2) is 4.79 Å². The van der Waals surface area contributed by atoms with Crippen LogP contribution >= 0.6 is 0 Å². The second-order valence-electron chi connectivity index (χ2n) is 3.99. The van der Waals surface area contributed by atoms with Crippen LogP contribution in [0, 0.1) is 0 Å². The number of hydrogen-bond acceptors (Lipinski definition) is 4. The number of nitrogens with one attached hydrogen (secondary N) is 1. The van der Waals surface area contributed by atoms with Crippen molar-refractivity contribution in [1.82, 2.24) is 5.32 Å². The van der Waals surface area contributed by atoms with Gasteiger partial charge in [0.05, 0.1) is 12.7 Å². The molecule has 1 aromatic carbocycles. The Labute approximate surface area is 111 Å². The maximum atomic E-state index is 11.8. The standard InChI is InChI=1S/C13H17NO5/c1-3-19-10-6-4-9(5-7-10)12(16)14-11(8(2)15)13(17)18/h4-8,11,15H,3H2,1-2H3,(H,14,16)(H,17,18). The van der Waals surface area contributed by atoms with Gasteiger partial charge in [-0.2, -0.15) is 0 Å². The van der Waals surface area contributed by atoms with Crippen molar-refractivity contribution in [2.45, 2.75) is 26.0 Å². The number of carbonyl (C=O) groups excluding carboxylic acids is 1. The van der Waals surface area contributed by atoms with E-state index in [9.17, 15) is 14.7 Å². The van der Waals surface area contributed by atoms with E-state index in [0.717, 1.165) is 0 Å². The molecule has 0 saturated heterocycles. The quantitative estimate of drug-likeness (QED) is 0.703. The van der Waals surface area contributed by atoms with E-state index in [-0.39, 0.29) is 0 Å². The summed E-state index contributed by atoms with van der Waals surface area (Å²) in [6, 6.07) is 4.97. The monoisotopic (exact) mass is 267 g/mol. The topological polar surface area (TPSA) is 95.9 Å². The summed E-state index contributed by atoms with van der Waals surface area (Å²) in [7, 11) is 0. The van der Waals surface area contributed by atoms with Gasteiger partial charge in [0.25, 0.3) is 5.91 Å². The number of benzene rings is 1. The number of rotatable bonds is 6. The van der Waals surface area contributed by atoms with Crippen molar-refractivity contribution < 1.29 is 24.5 Å². The Morgan fingerprint density at radius 3 is 2.32 bits per heavy atom. The first kappa shape index (κ1) is 15.0. The van der Waals surface area contributed by atoms with E-state index in [0.29, 0.717) is 17.9 Å². The van der Waals surface area contributed by atoms with Gasteiger partial charge in [-0.15, -0.1) is 0 Å². The van der Waals surface area contributed by atoms with Crippen LogP contribution in [-0.4, -0.2) is 40.8 Å². The van der Waals surface area contributed by atoms with Gasteiger partial charge in [0, 0.05) is 5.56 Å². The number of ether oxygens (including phenoxy) is 1. The number of aliphatic hydroxyl groups excluding tert-OH is 1. The smallest absolute Gasteiger partial charge is 0.328 e. The van der Waals surface area contributed by atoms with Crippen molar-refractivity contribution in [3.8, 4) is 5.75 Å². The van der Waals surface area contributed by atoms with Crippen LogP contribution in [0.5, 0.6) is 5.75 Å². The molecule has 1 rings (SSSR count). The molecule has 0 saturated carbocycles. The zero-order valence-electron chi connectivity index (χ0n) is 10.8. The van der Waals surface area contributed by atoms with Crippen molar-refractivity contribution in [2.24, 2.45) is 0 Å². The fourth-order valence-electron chi connectivity index (χ4n) is 1.48. The third-order valence-corrected chi connectivity index (χ3v) is 2.46. The molecule has 1 amide bonds. The molecule has 0 aliphatic rings. The molecular formula is C13H17NO5. The second-order valence-corrected chi connectivity index (χ2v) is 3.99. The molecule has 2 atom stereocenters. The number of aliphatic hydroxyl groups is 1. The largest absolute Gasteiger partial charge is 0.494 e. The highest BCUT2D eigenvalue weighted by molar-refractivity contribution is 5.96. The average molecular weight is 267 g/mol. The van der Waals surface area contributed by atoms with Crippen molar-refractivity contribution in [1.29, 1.82) is 0 Å². The second kappa shape index (κ2) is 6.75. The molecule has 6 heteroatoms. The Morgan fingerprint density at radius 1 is 1.32 bits per heavy atom. The SMILES string of the molecule is CCOc1ccc(C(=O)NC(C(=O)O)C(C)O)cc1. The molecule has 0 bridgehead atoms. The number of carboxylic acid groups (broad SMARTS) is 1. The Kier molecular flexibility index (Phi) is 5.32. The molecule has 1 aromatic rings. The average Bonchev–Trinajstić information content (AvgIpc) is 2.36. The minimum absolute atomic E-state index is 0.301. The maximum Gasteiger partial charge on any atom is 0.328 e. The van der Waals surface area contributed by atoms with Crippen LogP contribution in [-0.2, 0) is 4.79 Å². The van der Waals surface area contributed by atoms with Crippen LogP contribution in [0.25, 0.3) is 0 Å². The zero-order chi connectivity index (χ0) is 14.4. The minimum atomic E-state index is -1.33. The molecule has 0 radical (unpaired) electrons. The van der Waals surface area contributed by atoms with Crippen LogP contribution in [0.2, 0.25) is 0 Å². The van der Waals surface area contributed by atoms with Gasteiger partial charge in [0.1, 0.15) is 5.75 Å². The summed E-state index contributed by atoms with van der Waals surface area (Å²) in [6.45, 7) is 3.67. The van der Waals surface area contributed by atoms with Crippen molar-refractivity contribution in [3.05, 3.63) is 29.8 Å². The number of carbonyl (C=O) groups is 2. The van der Waals surface area contributed by atoms with E-state index < -0.39 is 24.0 Å². The molecule has 0 aliphatic heterocycles. The van der Waals surface area contributed by atoms with Crippen molar-refractivity contribution >= 4 is 11.9 Å². The molecule has 0 aliphatic carbocycles. The fraction of sp³-hybridized carbons (Fsp3) is 0.385. The van der Waals surface area contributed by atoms with Crippen LogP contribution in [0.3, 0.4) is 0 Å². The Hall–Kier alpha value is -2.08. The predicted octanol–water partition coefficient (Wildman–Crippen LogP) is 0.649. The molecule has 2 unspecified atom stereocenters. The Morgan fingerprint density at radius 2 is 1.89 bits per heavy atom. The van der Waals surface area contributed by atoms with Crippen LogP contribution in [0.15, 0.2) is 24.3 Å². The lowest BCUT2D eigenvalue weighted by atomic mass is 10.1. The predicted molar refractivity (Wildman–Crippen MR) is 68.2 cm³/mol. The van der Waals surface area contributed by atoms with Gasteiger partial charge < -0.3 is 20.3 Å². The Bertz CT molecular complexity index is 441. The first-order chi connectivity index (χ1) is 8.95. The highest BCUT2D eigenvalue weighted by atomic mass is 16.5. The van der Waals surface area contributed by atoms with Gasteiger partial charge in [0.15, 0.2) is 6.04 Å². The van der Waals surface area contributed by atoms with Gasteiger partial charge in [-0.05, 0) is 38.1 Å². The molecule has 0 aromatic heterocycles. The van der Waals surface area contributed by atoms with Crippen LogP contribution in [0.1, 0.15) is 24.2 Å². The lowest BCUT2D eigenvalue weighted by Gasteiger charge is -2.17. The third-order valence-electron chi connectivity index (χ3n) is 2.46. The lowest BCUT2D eigenvalue weighted by Crippen LogP contribution is -2.47. The summed E-state index contributed by atoms with van der Waals surface area (Å²) in [4.78, 5) is 22.7. The molecule has 3 N–H and O–H groups in total. The summed E-state index contributed by atoms with van der Waals surface area (Å²) >= 11 is 0. The van der Waals surface area contributed by atoms with Gasteiger partial charge in [0.2, 0.25) is 0 Å². The first-order valence-corrected chi connectivity index (χ1v) is 5.90. The molecule has 104 valence electrons. The normalized spacial score (nSPS) is 13.4. The number of carboxylic acids is 1. The lowest BCUT2D eigenvalue weighted by molar-refractivity contribution is -0.141. The van der Waals surface area contributed by atoms with Crippen LogP contribution in [0.4, 0.5) is 0 Å². The van der Waals surface area contributed by atoms with E-state index >= 15 is 0 Å². The highest BCUT2D eigenvalue weighted by Crippen LogP contribution is 2.12. The number of aliphatic carboxylic acids is 1. The van der Waals surface area contributed by atoms with Gasteiger partial charge in [-0.3, -0.25) is 4.79 Å². The van der Waals surface area contributed by atoms with Crippen molar-refractivity contribution in [3.63, 3.8) is 0 Å². The van der Waals surface area contributed by atoms with E-state index in [1.165, 1.54) is 19.1 Å². The first-order valence-electron chi connectivity index (χ1n) is 5.90. The third kappa shape index (κ3) is 4.26. The van der Waals surface area contributed by atoms with Gasteiger partial charge in [-0.1, -0.05) is 0 Å².